The number of nitro benzene ring substituents is 1. The highest BCUT2D eigenvalue weighted by Crippen LogP contribution is 2.28. The van der Waals surface area contributed by atoms with Gasteiger partial charge in [-0.3, -0.25) is 19.8 Å². The van der Waals surface area contributed by atoms with Crippen molar-refractivity contribution < 1.29 is 22.9 Å². The second kappa shape index (κ2) is 14.5. The van der Waals surface area contributed by atoms with Crippen molar-refractivity contribution in [3.63, 3.8) is 0 Å². The van der Waals surface area contributed by atoms with Crippen LogP contribution in [0.3, 0.4) is 0 Å². The Morgan fingerprint density at radius 1 is 1.02 bits per heavy atom. The van der Waals surface area contributed by atoms with E-state index >= 15 is 0 Å². The number of rotatable bonds is 13. The maximum absolute atomic E-state index is 12.9. The number of para-hydroxylation sites is 2. The summed E-state index contributed by atoms with van der Waals surface area (Å²) in [5.74, 6) is 0.426. The monoisotopic (exact) mass is 656 g/mol. The van der Waals surface area contributed by atoms with Crippen molar-refractivity contribution >= 4 is 38.8 Å². The number of nitrogens with zero attached hydrogens (tertiary/aromatic N) is 5. The maximum Gasteiger partial charge on any atom is 0.323 e. The topological polar surface area (TPSA) is 183 Å². The lowest BCUT2D eigenvalue weighted by molar-refractivity contribution is -0.385. The van der Waals surface area contributed by atoms with Crippen LogP contribution in [0.2, 0.25) is 0 Å². The zero-order valence-corrected chi connectivity index (χ0v) is 26.3. The number of urea groups is 1. The number of amides is 2. The first kappa shape index (κ1) is 32.6. The lowest BCUT2D eigenvalue weighted by Crippen LogP contribution is -2.20. The van der Waals surface area contributed by atoms with Crippen LogP contribution in [-0.4, -0.2) is 46.0 Å². The Kier molecular flexibility index (Phi) is 10.1. The second-order valence-corrected chi connectivity index (χ2v) is 12.5. The number of anilines is 3. The highest BCUT2D eigenvalue weighted by Gasteiger charge is 2.20. The number of nitro groups is 1. The zero-order chi connectivity index (χ0) is 33.4. The van der Waals surface area contributed by atoms with Gasteiger partial charge >= 0.3 is 6.03 Å². The minimum Gasteiger partial charge on any atom is -0.491 e. The van der Waals surface area contributed by atoms with Gasteiger partial charge < -0.3 is 15.4 Å². The molecule has 0 bridgehead atoms. The molecule has 1 unspecified atom stereocenters. The van der Waals surface area contributed by atoms with Crippen molar-refractivity contribution in [3.8, 4) is 11.4 Å². The Balaban J connectivity index is 1.12. The summed E-state index contributed by atoms with van der Waals surface area (Å²) in [5.41, 5.74) is 3.61. The quantitative estimate of drug-likeness (QED) is 0.101. The van der Waals surface area contributed by atoms with E-state index in [0.717, 1.165) is 29.4 Å². The molecule has 5 aromatic rings. The van der Waals surface area contributed by atoms with Gasteiger partial charge in [-0.2, -0.15) is 0 Å². The van der Waals surface area contributed by atoms with E-state index in [1.807, 2.05) is 38.2 Å². The van der Waals surface area contributed by atoms with Crippen molar-refractivity contribution in [3.05, 3.63) is 119 Å². The zero-order valence-electron chi connectivity index (χ0n) is 25.5. The number of aromatic nitrogens is 4. The van der Waals surface area contributed by atoms with Crippen molar-refractivity contribution in [2.75, 3.05) is 22.0 Å². The predicted molar refractivity (Wildman–Crippen MR) is 176 cm³/mol. The molecule has 47 heavy (non-hydrogen) atoms. The van der Waals surface area contributed by atoms with Crippen LogP contribution in [0.15, 0.2) is 102 Å². The molecule has 14 nitrogen and oxygen atoms in total. The predicted octanol–water partition coefficient (Wildman–Crippen LogP) is 5.97. The van der Waals surface area contributed by atoms with Crippen LogP contribution >= 0.6 is 0 Å². The van der Waals surface area contributed by atoms with Gasteiger partial charge in [0.2, 0.25) is 0 Å². The largest absolute Gasteiger partial charge is 0.491 e. The number of carbonyl (C=O) groups excluding carboxylic acids is 1. The molecule has 0 saturated heterocycles. The molecular formula is C32H32N8O6S. The molecule has 0 aliphatic heterocycles. The number of hydrogen-bond acceptors (Lipinski definition) is 9. The van der Waals surface area contributed by atoms with Gasteiger partial charge in [-0.25, -0.2) is 17.9 Å². The van der Waals surface area contributed by atoms with Crippen molar-refractivity contribution in [2.45, 2.75) is 31.6 Å². The summed E-state index contributed by atoms with van der Waals surface area (Å²) in [7, 11) is -4.09. The molecule has 15 heteroatoms. The van der Waals surface area contributed by atoms with Gasteiger partial charge in [-0.1, -0.05) is 30.3 Å². The number of hydrogen-bond donors (Lipinski definition) is 3. The Hall–Kier alpha value is -5.83. The van der Waals surface area contributed by atoms with Gasteiger partial charge in [-0.05, 0) is 79.8 Å². The van der Waals surface area contributed by atoms with Crippen LogP contribution < -0.4 is 20.1 Å². The maximum atomic E-state index is 12.9. The molecule has 2 amide bonds. The SMILES string of the molecule is Cc1ccncc1NC(=O)Nc1ccc(-n2cc(CCC(C)COc3ccccc3NS(=O)(=O)c3cccc([N+](=O)[O-])c3)nn2)cc1. The van der Waals surface area contributed by atoms with Gasteiger partial charge in [0.05, 0.1) is 51.6 Å². The lowest BCUT2D eigenvalue weighted by Gasteiger charge is -2.16. The second-order valence-electron chi connectivity index (χ2n) is 10.8. The molecule has 0 aliphatic carbocycles. The van der Waals surface area contributed by atoms with Gasteiger partial charge in [0, 0.05) is 24.0 Å². The van der Waals surface area contributed by atoms with Crippen molar-refractivity contribution in [1.82, 2.24) is 20.0 Å². The molecule has 5 rings (SSSR count). The van der Waals surface area contributed by atoms with E-state index in [2.05, 4.69) is 30.7 Å². The molecule has 0 spiro atoms. The third-order valence-corrected chi connectivity index (χ3v) is 8.47. The van der Waals surface area contributed by atoms with Crippen molar-refractivity contribution in [1.29, 1.82) is 0 Å². The smallest absolute Gasteiger partial charge is 0.323 e. The third-order valence-electron chi connectivity index (χ3n) is 7.10. The third kappa shape index (κ3) is 8.67. The molecule has 2 heterocycles. The van der Waals surface area contributed by atoms with E-state index in [0.29, 0.717) is 30.2 Å². The number of ether oxygens (including phenoxy) is 1. The average molecular weight is 657 g/mol. The van der Waals surface area contributed by atoms with Crippen LogP contribution in [0.1, 0.15) is 24.6 Å². The van der Waals surface area contributed by atoms with E-state index < -0.39 is 14.9 Å². The Labute approximate surface area is 271 Å². The van der Waals surface area contributed by atoms with Crippen LogP contribution in [0.4, 0.5) is 27.5 Å². The Morgan fingerprint density at radius 3 is 2.57 bits per heavy atom. The minimum atomic E-state index is -4.09. The highest BCUT2D eigenvalue weighted by atomic mass is 32.2. The molecule has 3 aromatic carbocycles. The van der Waals surface area contributed by atoms with Crippen LogP contribution in [0.25, 0.3) is 5.69 Å². The van der Waals surface area contributed by atoms with E-state index in [-0.39, 0.29) is 28.2 Å². The van der Waals surface area contributed by atoms with Crippen LogP contribution in [0, 0.1) is 23.0 Å². The highest BCUT2D eigenvalue weighted by molar-refractivity contribution is 7.92. The number of nitrogens with one attached hydrogen (secondary N) is 3. The molecule has 0 saturated carbocycles. The number of carbonyl (C=O) groups is 1. The molecule has 3 N–H and O–H groups in total. The fraction of sp³-hybridized carbons (Fsp3) is 0.188. The summed E-state index contributed by atoms with van der Waals surface area (Å²) in [6, 6.07) is 20.1. The molecule has 0 fully saturated rings. The normalized spacial score (nSPS) is 11.8. The summed E-state index contributed by atoms with van der Waals surface area (Å²) < 4.78 is 36.0. The molecular weight excluding hydrogens is 624 g/mol. The van der Waals surface area contributed by atoms with E-state index in [4.69, 9.17) is 4.74 Å². The van der Waals surface area contributed by atoms with Gasteiger partial charge in [0.25, 0.3) is 15.7 Å². The van der Waals surface area contributed by atoms with Crippen molar-refractivity contribution in [2.24, 2.45) is 5.92 Å². The number of sulfonamides is 1. The lowest BCUT2D eigenvalue weighted by atomic mass is 10.1. The Bertz CT molecular complexity index is 1980. The summed E-state index contributed by atoms with van der Waals surface area (Å²) in [6.45, 7) is 4.21. The first-order chi connectivity index (χ1) is 22.6. The number of aryl methyl sites for hydroxylation is 2. The summed E-state index contributed by atoms with van der Waals surface area (Å²) in [5, 5.41) is 25.2. The number of pyridine rings is 1. The number of non-ortho nitro benzene ring substituents is 1. The van der Waals surface area contributed by atoms with Gasteiger partial charge in [0.1, 0.15) is 5.75 Å². The summed E-state index contributed by atoms with van der Waals surface area (Å²) in [4.78, 5) is 26.6. The molecule has 0 radical (unpaired) electrons. The Morgan fingerprint density at radius 2 is 1.81 bits per heavy atom. The molecule has 1 atom stereocenters. The van der Waals surface area contributed by atoms with Gasteiger partial charge in [0.15, 0.2) is 0 Å². The van der Waals surface area contributed by atoms with Crippen LogP contribution in [0.5, 0.6) is 5.75 Å². The summed E-state index contributed by atoms with van der Waals surface area (Å²) in [6.07, 6.45) is 6.46. The fourth-order valence-corrected chi connectivity index (χ4v) is 5.58. The van der Waals surface area contributed by atoms with E-state index in [1.54, 1.807) is 53.5 Å². The number of benzene rings is 3. The first-order valence-electron chi connectivity index (χ1n) is 14.6. The minimum absolute atomic E-state index is 0.0912. The first-order valence-corrected chi connectivity index (χ1v) is 16.0. The van der Waals surface area contributed by atoms with Gasteiger partial charge in [-0.15, -0.1) is 5.10 Å². The summed E-state index contributed by atoms with van der Waals surface area (Å²) >= 11 is 0. The average Bonchev–Trinajstić information content (AvgIpc) is 3.54. The molecule has 242 valence electrons. The fourth-order valence-electron chi connectivity index (χ4n) is 4.47. The van der Waals surface area contributed by atoms with Crippen LogP contribution in [-0.2, 0) is 16.4 Å². The molecule has 2 aromatic heterocycles. The van der Waals surface area contributed by atoms with E-state index in [1.165, 1.54) is 18.2 Å². The van der Waals surface area contributed by atoms with E-state index in [9.17, 15) is 23.3 Å². The standard InChI is InChI=1S/C32H32N8O6S/c1-22(21-46-31-9-4-3-8-29(31)37-47(44,45)28-7-5-6-27(18-28)40(42)43)10-11-25-20-39(38-36-25)26-14-12-24(13-15-26)34-32(41)35-30-19-33-17-16-23(30)2/h3-9,12-20,22,37H,10-11,21H2,1-2H3,(H2,34,35,41). The molecule has 0 aliphatic rings.